The zero-order valence-electron chi connectivity index (χ0n) is 36.4. The van der Waals surface area contributed by atoms with Crippen molar-refractivity contribution < 1.29 is 43.3 Å². The fourth-order valence-electron chi connectivity index (χ4n) is 7.22. The summed E-state index contributed by atoms with van der Waals surface area (Å²) < 4.78 is 17.4. The molecule has 4 amide bonds. The minimum absolute atomic E-state index is 0.0557. The van der Waals surface area contributed by atoms with Crippen molar-refractivity contribution in [1.82, 2.24) is 36.2 Å². The number of aliphatic carboxylic acids is 1. The van der Waals surface area contributed by atoms with Crippen molar-refractivity contribution in [2.24, 2.45) is 0 Å². The molecular formula is C51H51N7O9. The maximum atomic E-state index is 14.6. The number of carbonyl (C=O) groups excluding carboxylic acids is 4. The minimum Gasteiger partial charge on any atom is -0.489 e. The number of imidazole rings is 1. The Hall–Kier alpha value is -8.24. The highest BCUT2D eigenvalue weighted by Crippen LogP contribution is 2.20. The van der Waals surface area contributed by atoms with Gasteiger partial charge in [-0.15, -0.1) is 0 Å². The van der Waals surface area contributed by atoms with E-state index < -0.39 is 54.0 Å². The Morgan fingerprint density at radius 1 is 0.552 bits per heavy atom. The van der Waals surface area contributed by atoms with Crippen molar-refractivity contribution in [2.75, 3.05) is 6.61 Å². The van der Waals surface area contributed by atoms with Crippen LogP contribution in [0.1, 0.15) is 33.5 Å². The molecule has 2 aromatic heterocycles. The number of alkyl carbamates (subject to hydrolysis) is 1. The number of nitrogens with one attached hydrogen (secondary N) is 6. The summed E-state index contributed by atoms with van der Waals surface area (Å²) in [5.41, 5.74) is 5.06. The van der Waals surface area contributed by atoms with Crippen molar-refractivity contribution in [3.8, 4) is 5.75 Å². The number of carbonyl (C=O) groups is 5. The topological polar surface area (TPSA) is 226 Å². The van der Waals surface area contributed by atoms with Crippen LogP contribution >= 0.6 is 0 Å². The summed E-state index contributed by atoms with van der Waals surface area (Å²) >= 11 is 0. The molecule has 0 saturated carbocycles. The number of ether oxygens (including phenoxy) is 3. The number of hydrogen-bond acceptors (Lipinski definition) is 9. The van der Waals surface area contributed by atoms with Crippen LogP contribution in [0.25, 0.3) is 10.9 Å². The van der Waals surface area contributed by atoms with Gasteiger partial charge in [-0.05, 0) is 46.0 Å². The Morgan fingerprint density at radius 2 is 1.12 bits per heavy atom. The third-order valence-corrected chi connectivity index (χ3v) is 10.8. The summed E-state index contributed by atoms with van der Waals surface area (Å²) in [7, 11) is 0. The first-order valence-corrected chi connectivity index (χ1v) is 21.7. The molecule has 2 heterocycles. The van der Waals surface area contributed by atoms with Gasteiger partial charge in [0.05, 0.1) is 25.2 Å². The zero-order valence-corrected chi connectivity index (χ0v) is 36.4. The summed E-state index contributed by atoms with van der Waals surface area (Å²) in [6, 6.07) is 36.9. The highest BCUT2D eigenvalue weighted by molar-refractivity contribution is 5.95. The second-order valence-electron chi connectivity index (χ2n) is 15.7. The summed E-state index contributed by atoms with van der Waals surface area (Å²) in [5, 5.41) is 21.8. The van der Waals surface area contributed by atoms with Crippen LogP contribution in [0, 0.1) is 0 Å². The van der Waals surface area contributed by atoms with Crippen LogP contribution in [0.2, 0.25) is 0 Å². The number of amides is 4. The number of aromatic amines is 2. The second-order valence-corrected chi connectivity index (χ2v) is 15.7. The van der Waals surface area contributed by atoms with Crippen molar-refractivity contribution in [2.45, 2.75) is 63.3 Å². The number of hydrogen-bond donors (Lipinski definition) is 7. The summed E-state index contributed by atoms with van der Waals surface area (Å²) in [6.07, 6.45) is 3.64. The molecule has 16 nitrogen and oxygen atoms in total. The smallest absolute Gasteiger partial charge is 0.408 e. The van der Waals surface area contributed by atoms with Gasteiger partial charge < -0.3 is 50.6 Å². The van der Waals surface area contributed by atoms with Crippen LogP contribution in [-0.4, -0.2) is 80.6 Å². The molecule has 0 radical (unpaired) electrons. The molecule has 0 aliphatic heterocycles. The largest absolute Gasteiger partial charge is 0.489 e. The molecule has 4 atom stereocenters. The molecule has 0 aliphatic rings. The van der Waals surface area contributed by atoms with E-state index in [2.05, 4.69) is 36.2 Å². The molecule has 7 aromatic rings. The van der Waals surface area contributed by atoms with Gasteiger partial charge in [0.2, 0.25) is 17.7 Å². The molecule has 5 aromatic carbocycles. The lowest BCUT2D eigenvalue weighted by atomic mass is 10.0. The lowest BCUT2D eigenvalue weighted by molar-refractivity contribution is -0.142. The number of carboxylic acid groups (broad SMARTS) is 1. The Balaban J connectivity index is 1.12. The molecule has 344 valence electrons. The quantitative estimate of drug-likeness (QED) is 0.0424. The van der Waals surface area contributed by atoms with Crippen LogP contribution in [-0.2, 0) is 67.7 Å². The lowest BCUT2D eigenvalue weighted by Crippen LogP contribution is -2.59. The van der Waals surface area contributed by atoms with E-state index in [-0.39, 0.29) is 39.1 Å². The van der Waals surface area contributed by atoms with Crippen LogP contribution in [0.3, 0.4) is 0 Å². The van der Waals surface area contributed by atoms with E-state index in [4.69, 9.17) is 14.2 Å². The Bertz CT molecular complexity index is 2680. The van der Waals surface area contributed by atoms with Crippen LogP contribution in [0.15, 0.2) is 158 Å². The first kappa shape index (κ1) is 46.7. The number of H-pyrrole nitrogens is 2. The zero-order chi connectivity index (χ0) is 46.8. The van der Waals surface area contributed by atoms with Gasteiger partial charge in [0, 0.05) is 42.6 Å². The lowest BCUT2D eigenvalue weighted by Gasteiger charge is -2.26. The predicted octanol–water partition coefficient (Wildman–Crippen LogP) is 5.55. The molecular weight excluding hydrogens is 855 g/mol. The Morgan fingerprint density at radius 3 is 1.76 bits per heavy atom. The van der Waals surface area contributed by atoms with Crippen molar-refractivity contribution in [1.29, 1.82) is 0 Å². The average molecular weight is 906 g/mol. The van der Waals surface area contributed by atoms with Crippen LogP contribution in [0.4, 0.5) is 4.79 Å². The number of rotatable bonds is 23. The normalized spacial score (nSPS) is 12.8. The fourth-order valence-corrected chi connectivity index (χ4v) is 7.22. The van der Waals surface area contributed by atoms with Crippen molar-refractivity contribution in [3.63, 3.8) is 0 Å². The Labute approximate surface area is 386 Å². The number of para-hydroxylation sites is 1. The summed E-state index contributed by atoms with van der Waals surface area (Å²) in [6.45, 7) is 0.00807. The molecule has 0 bridgehead atoms. The first-order chi connectivity index (χ1) is 32.7. The SMILES string of the molecule is O=C(N[C@@H](Cc1c[nH]cn1)C(=O)N[C@@H](Cc1ccc(OCc2ccccc2)cc1)C(=O)N[C@@H](COCc1ccccc1)C(=O)N[C@@H](Cc1c[nH]c2ccccc12)C(=O)O)OCc1ccccc1. The number of nitrogens with zero attached hydrogens (tertiary/aromatic N) is 1. The molecule has 0 unspecified atom stereocenters. The van der Waals surface area contributed by atoms with E-state index in [0.717, 1.165) is 27.6 Å². The Kier molecular flexibility index (Phi) is 16.5. The molecule has 0 fully saturated rings. The highest BCUT2D eigenvalue weighted by Gasteiger charge is 2.33. The summed E-state index contributed by atoms with van der Waals surface area (Å²) in [4.78, 5) is 79.0. The highest BCUT2D eigenvalue weighted by atomic mass is 16.5. The van der Waals surface area contributed by atoms with Crippen molar-refractivity contribution in [3.05, 3.63) is 192 Å². The van der Waals surface area contributed by atoms with E-state index >= 15 is 0 Å². The molecule has 7 rings (SSSR count). The third kappa shape index (κ3) is 14.1. The molecule has 7 N–H and O–H groups in total. The maximum absolute atomic E-state index is 14.6. The monoisotopic (exact) mass is 905 g/mol. The van der Waals surface area contributed by atoms with Gasteiger partial charge >= 0.3 is 12.1 Å². The van der Waals surface area contributed by atoms with E-state index in [0.29, 0.717) is 29.2 Å². The van der Waals surface area contributed by atoms with E-state index in [1.165, 1.54) is 6.33 Å². The van der Waals surface area contributed by atoms with Gasteiger partial charge in [-0.1, -0.05) is 121 Å². The number of carboxylic acids is 1. The number of aromatic nitrogens is 3. The fraction of sp³-hybridized carbons (Fsp3) is 0.216. The van der Waals surface area contributed by atoms with Gasteiger partial charge in [-0.25, -0.2) is 14.6 Å². The van der Waals surface area contributed by atoms with Crippen LogP contribution < -0.4 is 26.0 Å². The average Bonchev–Trinajstić information content (AvgIpc) is 4.03. The molecule has 0 aliphatic carbocycles. The van der Waals surface area contributed by atoms with Crippen molar-refractivity contribution >= 4 is 40.7 Å². The first-order valence-electron chi connectivity index (χ1n) is 21.7. The molecule has 0 spiro atoms. The maximum Gasteiger partial charge on any atom is 0.408 e. The third-order valence-electron chi connectivity index (χ3n) is 10.8. The van der Waals surface area contributed by atoms with E-state index in [1.807, 2.05) is 91.0 Å². The van der Waals surface area contributed by atoms with Gasteiger partial charge in [0.1, 0.15) is 43.1 Å². The minimum atomic E-state index is -1.42. The number of benzene rings is 5. The van der Waals surface area contributed by atoms with Crippen LogP contribution in [0.5, 0.6) is 5.75 Å². The summed E-state index contributed by atoms with van der Waals surface area (Å²) in [5.74, 6) is -3.06. The van der Waals surface area contributed by atoms with Gasteiger partial charge in [-0.3, -0.25) is 14.4 Å². The molecule has 67 heavy (non-hydrogen) atoms. The second kappa shape index (κ2) is 23.6. The van der Waals surface area contributed by atoms with Gasteiger partial charge in [0.25, 0.3) is 0 Å². The van der Waals surface area contributed by atoms with E-state index in [1.54, 1.807) is 60.9 Å². The van der Waals surface area contributed by atoms with Gasteiger partial charge in [0.15, 0.2) is 0 Å². The molecule has 16 heteroatoms. The van der Waals surface area contributed by atoms with Gasteiger partial charge in [-0.2, -0.15) is 0 Å². The van der Waals surface area contributed by atoms with E-state index in [9.17, 15) is 29.1 Å². The standard InChI is InChI=1S/C51H51N7O9/c59-47(57-46(32-65-29-35-12-4-1-5-13-35)49(61)56-45(50(62)63)25-38-27-53-42-19-11-10-18-41(38)42)43(24-34-20-22-40(23-21-34)66-30-36-14-6-2-7-15-36)55-48(60)44(26-39-28-52-33-54-39)58-51(64)67-31-37-16-8-3-9-17-37/h1-23,27-28,33,43-46,53H,24-26,29-32H2,(H,52,54)(H,55,60)(H,56,61)(H,57,59)(H,58,64)(H,62,63)/t43-,44-,45-,46-/m0/s1. The molecule has 0 saturated heterocycles. The number of fused-ring (bicyclic) bond motifs is 1. The predicted molar refractivity (Wildman–Crippen MR) is 248 cm³/mol.